The van der Waals surface area contributed by atoms with Crippen LogP contribution in [0.1, 0.15) is 10.4 Å². The first kappa shape index (κ1) is 23.9. The molecular weight excluding hydrogens is 492 g/mol. The Morgan fingerprint density at radius 2 is 1.94 bits per heavy atom. The van der Waals surface area contributed by atoms with E-state index in [1.807, 2.05) is 17.5 Å². The summed E-state index contributed by atoms with van der Waals surface area (Å²) in [6.07, 6.45) is -0.515. The van der Waals surface area contributed by atoms with Crippen molar-refractivity contribution >= 4 is 40.9 Å². The number of β-lactam (4-membered cyclic amide) rings is 1. The number of benzene rings is 1. The van der Waals surface area contributed by atoms with Gasteiger partial charge in [-0.05, 0) is 34.6 Å². The maximum absolute atomic E-state index is 13.2. The van der Waals surface area contributed by atoms with Crippen molar-refractivity contribution in [1.29, 1.82) is 0 Å². The van der Waals surface area contributed by atoms with Crippen molar-refractivity contribution in [3.8, 4) is 5.75 Å². The molecule has 0 bridgehead atoms. The van der Waals surface area contributed by atoms with Crippen LogP contribution in [0.5, 0.6) is 5.75 Å². The largest absolute Gasteiger partial charge is 0.497 e. The van der Waals surface area contributed by atoms with E-state index in [1.165, 1.54) is 28.0 Å². The number of amides is 2. The number of nitrogens with zero attached hydrogens (tertiary/aromatic N) is 1. The highest BCUT2D eigenvalue weighted by Crippen LogP contribution is 2.42. The number of methoxy groups -OCH3 is 1. The average Bonchev–Trinajstić information content (AvgIpc) is 3.60. The summed E-state index contributed by atoms with van der Waals surface area (Å²) in [4.78, 5) is 41.2. The molecule has 184 valence electrons. The molecule has 4 heterocycles. The molecule has 0 aliphatic carbocycles. The third-order valence-corrected chi connectivity index (χ3v) is 7.97. The quantitative estimate of drug-likeness (QED) is 0.420. The second-order valence-corrected chi connectivity index (χ2v) is 10.1. The average molecular weight is 517 g/mol. The van der Waals surface area contributed by atoms with Crippen LogP contribution < -0.4 is 10.1 Å². The van der Waals surface area contributed by atoms with Crippen LogP contribution in [0.2, 0.25) is 0 Å². The monoisotopic (exact) mass is 516 g/mol. The zero-order chi connectivity index (χ0) is 24.4. The first-order valence-electron chi connectivity index (χ1n) is 11.1. The summed E-state index contributed by atoms with van der Waals surface area (Å²) in [5.41, 5.74) is 1.31. The highest BCUT2D eigenvalue weighted by Gasteiger charge is 2.57. The fourth-order valence-corrected chi connectivity index (χ4v) is 6.09. The number of thiophene rings is 1. The van der Waals surface area contributed by atoms with Gasteiger partial charge in [-0.2, -0.15) is 0 Å². The van der Waals surface area contributed by atoms with Crippen molar-refractivity contribution < 1.29 is 33.3 Å². The molecule has 2 aromatic rings. The van der Waals surface area contributed by atoms with Crippen LogP contribution in [0.25, 0.3) is 0 Å². The van der Waals surface area contributed by atoms with Gasteiger partial charge >= 0.3 is 5.97 Å². The molecule has 35 heavy (non-hydrogen) atoms. The van der Waals surface area contributed by atoms with E-state index >= 15 is 0 Å². The standard InChI is InChI=1S/C24H24N2O7S2/c1-30-15-6-4-14(5-7-15)12-33-23(29)20-17(24-31-8-9-32-24)13-35-22-19(21(28)26(20)22)25-18(27)11-16-3-2-10-34-16/h2-7,10,13,19-20,22,24H,8-9,11-12H2,1H3,(H,25,27)/t19?,20?,22-/m0/s1. The Bertz CT molecular complexity index is 1110. The van der Waals surface area contributed by atoms with Gasteiger partial charge in [-0.15, -0.1) is 23.1 Å². The first-order chi connectivity index (χ1) is 17.0. The van der Waals surface area contributed by atoms with E-state index in [4.69, 9.17) is 18.9 Å². The van der Waals surface area contributed by atoms with E-state index in [1.54, 1.807) is 36.8 Å². The van der Waals surface area contributed by atoms with Crippen LogP contribution >= 0.6 is 23.1 Å². The fourth-order valence-electron chi connectivity index (χ4n) is 4.15. The normalized spacial score (nSPS) is 23.8. The minimum atomic E-state index is -0.986. The predicted octanol–water partition coefficient (Wildman–Crippen LogP) is 2.07. The summed E-state index contributed by atoms with van der Waals surface area (Å²) >= 11 is 2.84. The van der Waals surface area contributed by atoms with Crippen molar-refractivity contribution in [3.63, 3.8) is 0 Å². The number of thioether (sulfide) groups is 1. The number of esters is 1. The lowest BCUT2D eigenvalue weighted by Crippen LogP contribution is -2.74. The van der Waals surface area contributed by atoms with Gasteiger partial charge in [0.1, 0.15) is 23.8 Å². The molecule has 5 rings (SSSR count). The van der Waals surface area contributed by atoms with Crippen LogP contribution in [0.3, 0.4) is 0 Å². The highest BCUT2D eigenvalue weighted by atomic mass is 32.2. The van der Waals surface area contributed by atoms with Gasteiger partial charge < -0.3 is 29.2 Å². The van der Waals surface area contributed by atoms with Gasteiger partial charge in [-0.25, -0.2) is 4.79 Å². The molecule has 0 saturated carbocycles. The summed E-state index contributed by atoms with van der Waals surface area (Å²) < 4.78 is 22.0. The zero-order valence-corrected chi connectivity index (χ0v) is 20.5. The smallest absolute Gasteiger partial charge is 0.333 e. The van der Waals surface area contributed by atoms with Crippen molar-refractivity contribution in [1.82, 2.24) is 10.2 Å². The number of fused-ring (bicyclic) bond motifs is 1. The lowest BCUT2D eigenvalue weighted by Gasteiger charge is -2.52. The van der Waals surface area contributed by atoms with Gasteiger partial charge in [-0.3, -0.25) is 9.59 Å². The molecule has 2 fully saturated rings. The molecule has 2 saturated heterocycles. The number of rotatable bonds is 8. The molecule has 2 amide bonds. The summed E-state index contributed by atoms with van der Waals surface area (Å²) in [7, 11) is 1.58. The van der Waals surface area contributed by atoms with E-state index in [9.17, 15) is 14.4 Å². The van der Waals surface area contributed by atoms with Gasteiger partial charge in [0.2, 0.25) is 11.8 Å². The number of carbonyl (C=O) groups is 3. The third kappa shape index (κ3) is 4.94. The lowest BCUT2D eigenvalue weighted by atomic mass is 9.97. The topological polar surface area (TPSA) is 103 Å². The fraction of sp³-hybridized carbons (Fsp3) is 0.375. The zero-order valence-electron chi connectivity index (χ0n) is 18.9. The molecule has 3 atom stereocenters. The maximum Gasteiger partial charge on any atom is 0.333 e. The Kier molecular flexibility index (Phi) is 7.09. The molecule has 0 spiro atoms. The van der Waals surface area contributed by atoms with Gasteiger partial charge in [-0.1, -0.05) is 18.2 Å². The van der Waals surface area contributed by atoms with E-state index in [0.717, 1.165) is 10.4 Å². The molecule has 11 heteroatoms. The summed E-state index contributed by atoms with van der Waals surface area (Å²) in [5.74, 6) is -0.446. The van der Waals surface area contributed by atoms with Crippen LogP contribution in [-0.4, -0.2) is 66.8 Å². The summed E-state index contributed by atoms with van der Waals surface area (Å²) in [6.45, 7) is 0.845. The molecule has 3 aliphatic rings. The number of nitrogens with one attached hydrogen (secondary N) is 1. The van der Waals surface area contributed by atoms with Gasteiger partial charge in [0.15, 0.2) is 12.3 Å². The lowest BCUT2D eigenvalue weighted by molar-refractivity contribution is -0.165. The Labute approximate surface area is 210 Å². The van der Waals surface area contributed by atoms with E-state index in [2.05, 4.69) is 5.32 Å². The van der Waals surface area contributed by atoms with Gasteiger partial charge in [0, 0.05) is 10.5 Å². The number of carbonyl (C=O) groups excluding carboxylic acids is 3. The first-order valence-corrected chi connectivity index (χ1v) is 12.9. The van der Waals surface area contributed by atoms with Crippen LogP contribution in [0.4, 0.5) is 0 Å². The molecular formula is C24H24N2O7S2. The minimum absolute atomic E-state index is 0.0415. The van der Waals surface area contributed by atoms with E-state index < -0.39 is 29.7 Å². The second-order valence-electron chi connectivity index (χ2n) is 8.12. The Morgan fingerprint density at radius 3 is 2.63 bits per heavy atom. The van der Waals surface area contributed by atoms with Crippen molar-refractivity contribution in [3.05, 3.63) is 63.2 Å². The number of hydrogen-bond acceptors (Lipinski definition) is 9. The van der Waals surface area contributed by atoms with E-state index in [-0.39, 0.29) is 24.8 Å². The molecule has 0 radical (unpaired) electrons. The Hall–Kier alpha value is -2.86. The molecule has 9 nitrogen and oxygen atoms in total. The van der Waals surface area contributed by atoms with Crippen molar-refractivity contribution in [2.24, 2.45) is 0 Å². The minimum Gasteiger partial charge on any atom is -0.497 e. The molecule has 2 unspecified atom stereocenters. The molecule has 1 aromatic heterocycles. The van der Waals surface area contributed by atoms with Crippen LogP contribution in [0.15, 0.2) is 52.8 Å². The predicted molar refractivity (Wildman–Crippen MR) is 129 cm³/mol. The Balaban J connectivity index is 1.29. The SMILES string of the molecule is COc1ccc(COC(=O)C2C(C3OCCO3)=CS[C@H]3C(NC(=O)Cc4cccs4)C(=O)N23)cc1. The van der Waals surface area contributed by atoms with Crippen molar-refractivity contribution in [2.75, 3.05) is 20.3 Å². The third-order valence-electron chi connectivity index (χ3n) is 5.91. The Morgan fingerprint density at radius 1 is 1.17 bits per heavy atom. The summed E-state index contributed by atoms with van der Waals surface area (Å²) in [6, 6.07) is 9.23. The van der Waals surface area contributed by atoms with Crippen LogP contribution in [-0.2, 0) is 41.6 Å². The maximum atomic E-state index is 13.2. The number of ether oxygens (including phenoxy) is 4. The number of hydrogen-bond donors (Lipinski definition) is 1. The van der Waals surface area contributed by atoms with Crippen LogP contribution in [0, 0.1) is 0 Å². The molecule has 3 aliphatic heterocycles. The highest BCUT2D eigenvalue weighted by molar-refractivity contribution is 8.03. The van der Waals surface area contributed by atoms with Gasteiger partial charge in [0.05, 0.1) is 26.7 Å². The second kappa shape index (κ2) is 10.4. The van der Waals surface area contributed by atoms with Gasteiger partial charge in [0.25, 0.3) is 0 Å². The van der Waals surface area contributed by atoms with Crippen molar-refractivity contribution in [2.45, 2.75) is 36.8 Å². The molecule has 1 aromatic carbocycles. The summed E-state index contributed by atoms with van der Waals surface area (Å²) in [5, 5.41) is 6.09. The van der Waals surface area contributed by atoms with E-state index in [0.29, 0.717) is 24.5 Å². The molecule has 1 N–H and O–H groups in total.